The van der Waals surface area contributed by atoms with Crippen molar-refractivity contribution in [3.05, 3.63) is 23.4 Å². The van der Waals surface area contributed by atoms with Crippen molar-refractivity contribution in [2.75, 3.05) is 13.1 Å². The first-order chi connectivity index (χ1) is 4.97. The van der Waals surface area contributed by atoms with Crippen LogP contribution in [-0.4, -0.2) is 19.3 Å². The van der Waals surface area contributed by atoms with Crippen LogP contribution in [0.3, 0.4) is 0 Å². The number of hydrogen-bond donors (Lipinski definition) is 1. The summed E-state index contributed by atoms with van der Waals surface area (Å²) in [6, 6.07) is 0. The molecule has 0 aliphatic carbocycles. The molecule has 2 aliphatic rings. The van der Waals surface area contributed by atoms with E-state index in [1.165, 1.54) is 11.3 Å². The molecule has 0 spiro atoms. The first kappa shape index (κ1) is 5.71. The van der Waals surface area contributed by atoms with E-state index in [1.54, 1.807) is 0 Å². The predicted molar refractivity (Wildman–Crippen MR) is 42.1 cm³/mol. The lowest BCUT2D eigenvalue weighted by Crippen LogP contribution is -2.04. The van der Waals surface area contributed by atoms with E-state index in [9.17, 15) is 0 Å². The van der Waals surface area contributed by atoms with Crippen molar-refractivity contribution >= 4 is 6.21 Å². The molecule has 0 saturated carbocycles. The summed E-state index contributed by atoms with van der Waals surface area (Å²) in [7, 11) is 0. The SMILES string of the molecule is C1=CC2=C(C=NC1)CCN2. The second-order valence-corrected chi connectivity index (χ2v) is 2.51. The molecule has 2 aliphatic heterocycles. The normalized spacial score (nSPS) is 22.4. The summed E-state index contributed by atoms with van der Waals surface area (Å²) < 4.78 is 0. The highest BCUT2D eigenvalue weighted by Gasteiger charge is 2.09. The Morgan fingerprint density at radius 1 is 1.50 bits per heavy atom. The average Bonchev–Trinajstić information content (AvgIpc) is 2.28. The van der Waals surface area contributed by atoms with Crippen LogP contribution in [0.15, 0.2) is 28.4 Å². The first-order valence-corrected chi connectivity index (χ1v) is 3.60. The highest BCUT2D eigenvalue weighted by Crippen LogP contribution is 2.13. The zero-order valence-electron chi connectivity index (χ0n) is 5.80. The fourth-order valence-corrected chi connectivity index (χ4v) is 1.27. The van der Waals surface area contributed by atoms with Crippen LogP contribution in [0.25, 0.3) is 0 Å². The van der Waals surface area contributed by atoms with Gasteiger partial charge >= 0.3 is 0 Å². The molecular weight excluding hydrogens is 124 g/mol. The van der Waals surface area contributed by atoms with Crippen LogP contribution >= 0.6 is 0 Å². The van der Waals surface area contributed by atoms with Gasteiger partial charge in [-0.3, -0.25) is 4.99 Å². The Labute approximate surface area is 60.3 Å². The molecule has 0 aromatic rings. The van der Waals surface area contributed by atoms with Crippen molar-refractivity contribution < 1.29 is 0 Å². The Morgan fingerprint density at radius 2 is 2.50 bits per heavy atom. The minimum absolute atomic E-state index is 0.828. The Balaban J connectivity index is 2.34. The summed E-state index contributed by atoms with van der Waals surface area (Å²) in [6.45, 7) is 1.90. The van der Waals surface area contributed by atoms with Crippen LogP contribution in [-0.2, 0) is 0 Å². The smallest absolute Gasteiger partial charge is 0.0574 e. The zero-order valence-corrected chi connectivity index (χ0v) is 5.80. The molecule has 2 heteroatoms. The van der Waals surface area contributed by atoms with Crippen LogP contribution in [0.4, 0.5) is 0 Å². The first-order valence-electron chi connectivity index (χ1n) is 3.60. The van der Waals surface area contributed by atoms with Crippen LogP contribution in [0.2, 0.25) is 0 Å². The maximum absolute atomic E-state index is 4.20. The molecule has 0 atom stereocenters. The van der Waals surface area contributed by atoms with E-state index in [0.29, 0.717) is 0 Å². The number of hydrogen-bond acceptors (Lipinski definition) is 2. The number of rotatable bonds is 0. The average molecular weight is 134 g/mol. The third-order valence-corrected chi connectivity index (χ3v) is 1.80. The van der Waals surface area contributed by atoms with E-state index in [1.807, 2.05) is 6.21 Å². The van der Waals surface area contributed by atoms with Crippen molar-refractivity contribution in [1.82, 2.24) is 5.32 Å². The summed E-state index contributed by atoms with van der Waals surface area (Å²) in [5.74, 6) is 0. The highest BCUT2D eigenvalue weighted by molar-refractivity contribution is 5.81. The van der Waals surface area contributed by atoms with Gasteiger partial charge in [0, 0.05) is 18.5 Å². The standard InChI is InChI=1S/C8H10N2/c1-2-8-7(3-5-10-8)6-9-4-1/h1-2,6,10H,3-5H2. The quantitative estimate of drug-likeness (QED) is 0.522. The second kappa shape index (κ2) is 2.29. The van der Waals surface area contributed by atoms with E-state index >= 15 is 0 Å². The van der Waals surface area contributed by atoms with Gasteiger partial charge in [-0.2, -0.15) is 0 Å². The maximum atomic E-state index is 4.20. The topological polar surface area (TPSA) is 24.4 Å². The van der Waals surface area contributed by atoms with Gasteiger partial charge in [0.25, 0.3) is 0 Å². The highest BCUT2D eigenvalue weighted by atomic mass is 14.9. The fourth-order valence-electron chi connectivity index (χ4n) is 1.27. The van der Waals surface area contributed by atoms with Gasteiger partial charge in [0.1, 0.15) is 0 Å². The molecule has 0 bridgehead atoms. The van der Waals surface area contributed by atoms with Crippen molar-refractivity contribution in [3.63, 3.8) is 0 Å². The minimum atomic E-state index is 0.828. The van der Waals surface area contributed by atoms with Gasteiger partial charge in [-0.25, -0.2) is 0 Å². The maximum Gasteiger partial charge on any atom is 0.0574 e. The molecule has 2 rings (SSSR count). The second-order valence-electron chi connectivity index (χ2n) is 2.51. The van der Waals surface area contributed by atoms with Crippen molar-refractivity contribution in [3.8, 4) is 0 Å². The molecule has 0 aromatic carbocycles. The van der Waals surface area contributed by atoms with Gasteiger partial charge < -0.3 is 5.32 Å². The van der Waals surface area contributed by atoms with Crippen LogP contribution in [0.5, 0.6) is 0 Å². The third-order valence-electron chi connectivity index (χ3n) is 1.80. The van der Waals surface area contributed by atoms with E-state index in [-0.39, 0.29) is 0 Å². The Hall–Kier alpha value is -1.05. The zero-order chi connectivity index (χ0) is 6.81. The van der Waals surface area contributed by atoms with E-state index in [4.69, 9.17) is 0 Å². The van der Waals surface area contributed by atoms with Crippen LogP contribution in [0, 0.1) is 0 Å². The summed E-state index contributed by atoms with van der Waals surface area (Å²) in [6.07, 6.45) is 7.31. The molecule has 0 radical (unpaired) electrons. The van der Waals surface area contributed by atoms with E-state index in [2.05, 4.69) is 22.5 Å². The lowest BCUT2D eigenvalue weighted by Gasteiger charge is -1.93. The summed E-state index contributed by atoms with van der Waals surface area (Å²) in [4.78, 5) is 4.20. The number of aliphatic imine (C=N–C) groups is 1. The summed E-state index contributed by atoms with van der Waals surface area (Å²) in [5, 5.41) is 3.30. The van der Waals surface area contributed by atoms with E-state index in [0.717, 1.165) is 19.5 Å². The molecule has 0 unspecified atom stereocenters. The largest absolute Gasteiger partial charge is 0.384 e. The molecule has 2 heterocycles. The monoisotopic (exact) mass is 134 g/mol. The molecule has 52 valence electrons. The fraction of sp³-hybridized carbons (Fsp3) is 0.375. The van der Waals surface area contributed by atoms with Gasteiger partial charge in [-0.05, 0) is 18.1 Å². The lowest BCUT2D eigenvalue weighted by atomic mass is 10.2. The molecule has 0 fully saturated rings. The Morgan fingerprint density at radius 3 is 3.50 bits per heavy atom. The van der Waals surface area contributed by atoms with Crippen LogP contribution in [0.1, 0.15) is 6.42 Å². The van der Waals surface area contributed by atoms with Gasteiger partial charge in [-0.15, -0.1) is 0 Å². The molecular formula is C8H10N2. The summed E-state index contributed by atoms with van der Waals surface area (Å²) in [5.41, 5.74) is 2.62. The predicted octanol–water partition coefficient (Wildman–Crippen LogP) is 0.874. The van der Waals surface area contributed by atoms with Crippen LogP contribution < -0.4 is 5.32 Å². The molecule has 0 aromatic heterocycles. The molecule has 0 saturated heterocycles. The lowest BCUT2D eigenvalue weighted by molar-refractivity contribution is 0.888. The molecule has 0 amide bonds. The van der Waals surface area contributed by atoms with Gasteiger partial charge in [0.05, 0.1) is 6.54 Å². The number of allylic oxidation sites excluding steroid dienone is 1. The van der Waals surface area contributed by atoms with Crippen molar-refractivity contribution in [1.29, 1.82) is 0 Å². The van der Waals surface area contributed by atoms with Gasteiger partial charge in [0.15, 0.2) is 0 Å². The minimum Gasteiger partial charge on any atom is -0.384 e. The third kappa shape index (κ3) is 0.856. The summed E-state index contributed by atoms with van der Waals surface area (Å²) >= 11 is 0. The van der Waals surface area contributed by atoms with E-state index < -0.39 is 0 Å². The Bertz CT molecular complexity index is 201. The molecule has 2 nitrogen and oxygen atoms in total. The van der Waals surface area contributed by atoms with Crippen molar-refractivity contribution in [2.24, 2.45) is 4.99 Å². The van der Waals surface area contributed by atoms with Gasteiger partial charge in [-0.1, -0.05) is 6.08 Å². The number of nitrogens with one attached hydrogen (secondary N) is 1. The molecule has 1 N–H and O–H groups in total. The van der Waals surface area contributed by atoms with Crippen molar-refractivity contribution in [2.45, 2.75) is 6.42 Å². The van der Waals surface area contributed by atoms with Gasteiger partial charge in [0.2, 0.25) is 0 Å². The molecule has 10 heavy (non-hydrogen) atoms. The Kier molecular flexibility index (Phi) is 1.31. The number of nitrogens with zero attached hydrogens (tertiary/aromatic N) is 1.